The molecule has 0 spiro atoms. The maximum atomic E-state index is 10.3. The Morgan fingerprint density at radius 2 is 0.750 bits per heavy atom. The highest BCUT2D eigenvalue weighted by molar-refractivity contribution is 9.10. The zero-order chi connectivity index (χ0) is 40.2. The van der Waals surface area contributed by atoms with Gasteiger partial charge in [-0.2, -0.15) is 0 Å². The molecular formula is C46H62BBrN4O4. The van der Waals surface area contributed by atoms with Gasteiger partial charge in [0.05, 0.1) is 23.4 Å². The Morgan fingerprint density at radius 1 is 0.482 bits per heavy atom. The zero-order valence-corrected chi connectivity index (χ0v) is 36.2. The molecule has 3 aliphatic rings. The lowest BCUT2D eigenvalue weighted by atomic mass is 9.79. The number of hydrogen-bond donors (Lipinski definition) is 2. The minimum atomic E-state index is -0.402. The van der Waals surface area contributed by atoms with Gasteiger partial charge in [-0.15, -0.1) is 0 Å². The SMILES string of the molecule is CC(C)C(O)c1ccc(N2CCN(c3ccc(B4OC(C)(C)C(C)(C)O4)cc3)CC2)cc1.CC(C)C(O)c1ccc(N2CCN(c3ccc(Br)cc3)CC2)cc1. The van der Waals surface area contributed by atoms with Gasteiger partial charge in [0.2, 0.25) is 0 Å². The minimum absolute atomic E-state index is 0.223. The van der Waals surface area contributed by atoms with Crippen molar-refractivity contribution >= 4 is 51.3 Å². The molecule has 4 aromatic carbocycles. The Morgan fingerprint density at radius 3 is 1.04 bits per heavy atom. The number of rotatable bonds is 9. The van der Waals surface area contributed by atoms with E-state index in [1.807, 2.05) is 27.7 Å². The zero-order valence-electron chi connectivity index (χ0n) is 34.7. The second-order valence-corrected chi connectivity index (χ2v) is 18.1. The topological polar surface area (TPSA) is 71.9 Å². The van der Waals surface area contributed by atoms with Crippen molar-refractivity contribution in [2.75, 3.05) is 72.0 Å². The molecule has 0 aromatic heterocycles. The summed E-state index contributed by atoms with van der Waals surface area (Å²) in [5.74, 6) is 0.464. The van der Waals surface area contributed by atoms with Crippen molar-refractivity contribution in [3.63, 3.8) is 0 Å². The van der Waals surface area contributed by atoms with E-state index in [1.54, 1.807) is 0 Å². The van der Waals surface area contributed by atoms with E-state index in [4.69, 9.17) is 9.31 Å². The molecule has 3 heterocycles. The second kappa shape index (κ2) is 17.9. The van der Waals surface area contributed by atoms with Crippen LogP contribution in [0, 0.1) is 11.8 Å². The van der Waals surface area contributed by atoms with E-state index in [9.17, 15) is 10.2 Å². The van der Waals surface area contributed by atoms with Crippen molar-refractivity contribution in [2.24, 2.45) is 11.8 Å². The molecule has 300 valence electrons. The van der Waals surface area contributed by atoms with Crippen LogP contribution in [0.5, 0.6) is 0 Å². The van der Waals surface area contributed by atoms with Gasteiger partial charge < -0.3 is 39.1 Å². The lowest BCUT2D eigenvalue weighted by Crippen LogP contribution is -2.46. The predicted molar refractivity (Wildman–Crippen MR) is 238 cm³/mol. The van der Waals surface area contributed by atoms with E-state index in [0.29, 0.717) is 0 Å². The molecule has 3 aliphatic heterocycles. The number of halogens is 1. The average molecular weight is 826 g/mol. The van der Waals surface area contributed by atoms with E-state index in [2.05, 4.69) is 160 Å². The number of nitrogens with zero attached hydrogens (tertiary/aromatic N) is 4. The molecule has 0 aliphatic carbocycles. The molecule has 10 heteroatoms. The fraction of sp³-hybridized carbons (Fsp3) is 0.478. The average Bonchev–Trinajstić information content (AvgIpc) is 3.43. The van der Waals surface area contributed by atoms with Gasteiger partial charge in [-0.05, 0) is 117 Å². The van der Waals surface area contributed by atoms with Gasteiger partial charge in [-0.25, -0.2) is 0 Å². The van der Waals surface area contributed by atoms with Crippen LogP contribution in [0.3, 0.4) is 0 Å². The van der Waals surface area contributed by atoms with Crippen LogP contribution in [0.2, 0.25) is 0 Å². The summed E-state index contributed by atoms with van der Waals surface area (Å²) in [7, 11) is -0.317. The molecule has 0 bridgehead atoms. The fourth-order valence-electron chi connectivity index (χ4n) is 7.45. The Hall–Kier alpha value is -3.54. The van der Waals surface area contributed by atoms with Crippen molar-refractivity contribution in [3.05, 3.63) is 113 Å². The summed E-state index contributed by atoms with van der Waals surface area (Å²) >= 11 is 3.49. The minimum Gasteiger partial charge on any atom is -0.399 e. The van der Waals surface area contributed by atoms with Crippen molar-refractivity contribution < 1.29 is 19.5 Å². The third-order valence-corrected chi connectivity index (χ3v) is 12.5. The molecule has 7 rings (SSSR count). The number of aliphatic hydroxyl groups is 2. The maximum Gasteiger partial charge on any atom is 0.494 e. The first-order valence-corrected chi connectivity index (χ1v) is 21.2. The number of hydrogen-bond acceptors (Lipinski definition) is 8. The molecule has 56 heavy (non-hydrogen) atoms. The molecule has 0 radical (unpaired) electrons. The summed E-state index contributed by atoms with van der Waals surface area (Å²) in [6, 6.07) is 33.9. The largest absolute Gasteiger partial charge is 0.494 e. The van der Waals surface area contributed by atoms with Crippen LogP contribution in [-0.4, -0.2) is 80.9 Å². The number of piperazine rings is 2. The quantitative estimate of drug-likeness (QED) is 0.163. The van der Waals surface area contributed by atoms with Crippen LogP contribution in [0.15, 0.2) is 102 Å². The summed E-state index contributed by atoms with van der Waals surface area (Å²) in [5.41, 5.74) is 7.40. The molecular weight excluding hydrogens is 763 g/mol. The van der Waals surface area contributed by atoms with Crippen molar-refractivity contribution in [2.45, 2.75) is 78.8 Å². The lowest BCUT2D eigenvalue weighted by Gasteiger charge is -2.37. The standard InChI is InChI=1S/C26H37BN2O3.C20H25BrN2O/c1-19(2)24(30)20-7-11-22(12-8-20)28-15-17-29(18-16-28)23-13-9-21(10-14-23)27-31-25(3,4)26(5,6)32-27;1-15(2)20(24)16-3-7-18(8-4-16)22-11-13-23(14-12-22)19-9-5-17(21)6-10-19/h7-14,19,24,30H,15-18H2,1-6H3;3-10,15,20,24H,11-14H2,1-2H3. The Kier molecular flexibility index (Phi) is 13.5. The summed E-state index contributed by atoms with van der Waals surface area (Å²) in [6.45, 7) is 24.5. The van der Waals surface area contributed by atoms with E-state index in [-0.39, 0.29) is 36.3 Å². The van der Waals surface area contributed by atoms with Gasteiger partial charge >= 0.3 is 7.12 Å². The maximum absolute atomic E-state index is 10.3. The van der Waals surface area contributed by atoms with Crippen LogP contribution in [0.1, 0.15) is 78.7 Å². The smallest absolute Gasteiger partial charge is 0.399 e. The monoisotopic (exact) mass is 824 g/mol. The normalized spacial score (nSPS) is 19.3. The van der Waals surface area contributed by atoms with Gasteiger partial charge in [0.25, 0.3) is 0 Å². The molecule has 0 amide bonds. The fourth-order valence-corrected chi connectivity index (χ4v) is 7.72. The Balaban J connectivity index is 0.000000198. The number of anilines is 4. The first-order valence-electron chi connectivity index (χ1n) is 20.4. The van der Waals surface area contributed by atoms with Gasteiger partial charge in [-0.3, -0.25) is 0 Å². The molecule has 3 fully saturated rings. The molecule has 3 saturated heterocycles. The highest BCUT2D eigenvalue weighted by atomic mass is 79.9. The molecule has 4 aromatic rings. The van der Waals surface area contributed by atoms with Gasteiger partial charge in [-0.1, -0.05) is 80.0 Å². The lowest BCUT2D eigenvalue weighted by molar-refractivity contribution is 0.00578. The Labute approximate surface area is 344 Å². The molecule has 0 saturated carbocycles. The van der Waals surface area contributed by atoms with Crippen LogP contribution in [0.25, 0.3) is 0 Å². The number of benzene rings is 4. The van der Waals surface area contributed by atoms with Crippen molar-refractivity contribution in [3.8, 4) is 0 Å². The van der Waals surface area contributed by atoms with Gasteiger partial charge in [0, 0.05) is 79.6 Å². The second-order valence-electron chi connectivity index (χ2n) is 17.2. The summed E-state index contributed by atoms with van der Waals surface area (Å²) in [4.78, 5) is 9.70. The van der Waals surface area contributed by atoms with Crippen LogP contribution in [-0.2, 0) is 9.31 Å². The van der Waals surface area contributed by atoms with Crippen LogP contribution >= 0.6 is 15.9 Å². The van der Waals surface area contributed by atoms with Crippen LogP contribution < -0.4 is 25.1 Å². The van der Waals surface area contributed by atoms with Crippen molar-refractivity contribution in [1.82, 2.24) is 0 Å². The highest BCUT2D eigenvalue weighted by Gasteiger charge is 2.51. The third-order valence-electron chi connectivity index (χ3n) is 12.0. The predicted octanol–water partition coefficient (Wildman–Crippen LogP) is 8.47. The Bertz CT molecular complexity index is 1810. The summed E-state index contributed by atoms with van der Waals surface area (Å²) < 4.78 is 13.5. The molecule has 2 atom stereocenters. The van der Waals surface area contributed by atoms with Crippen LogP contribution in [0.4, 0.5) is 22.7 Å². The van der Waals surface area contributed by atoms with E-state index >= 15 is 0 Å². The molecule has 2 unspecified atom stereocenters. The molecule has 8 nitrogen and oxygen atoms in total. The van der Waals surface area contributed by atoms with Gasteiger partial charge in [0.15, 0.2) is 0 Å². The van der Waals surface area contributed by atoms with Gasteiger partial charge in [0.1, 0.15) is 0 Å². The molecule has 2 N–H and O–H groups in total. The first kappa shape index (κ1) is 42.1. The highest BCUT2D eigenvalue weighted by Crippen LogP contribution is 2.37. The summed E-state index contributed by atoms with van der Waals surface area (Å²) in [5, 5.41) is 20.4. The van der Waals surface area contributed by atoms with E-state index < -0.39 is 6.10 Å². The first-order chi connectivity index (χ1) is 26.6. The van der Waals surface area contributed by atoms with E-state index in [0.717, 1.165) is 73.4 Å². The number of aliphatic hydroxyl groups excluding tert-OH is 2. The third kappa shape index (κ3) is 9.94. The van der Waals surface area contributed by atoms with E-state index in [1.165, 1.54) is 22.7 Å². The van der Waals surface area contributed by atoms with Crippen molar-refractivity contribution in [1.29, 1.82) is 0 Å². The summed E-state index contributed by atoms with van der Waals surface area (Å²) in [6.07, 6.45) is -0.783.